The molecule has 0 unspecified atom stereocenters. The van der Waals surface area contributed by atoms with Gasteiger partial charge in [-0.15, -0.1) is 0 Å². The summed E-state index contributed by atoms with van der Waals surface area (Å²) in [6, 6.07) is 75.5. The van der Waals surface area contributed by atoms with Crippen molar-refractivity contribution in [3.05, 3.63) is 212 Å². The van der Waals surface area contributed by atoms with Gasteiger partial charge in [-0.25, -0.2) is 15.0 Å². The van der Waals surface area contributed by atoms with Crippen molar-refractivity contribution in [1.29, 1.82) is 0 Å². The van der Waals surface area contributed by atoms with Crippen LogP contribution in [0.3, 0.4) is 0 Å². The first-order valence-electron chi connectivity index (χ1n) is 19.7. The van der Waals surface area contributed by atoms with E-state index in [4.69, 9.17) is 15.0 Å². The van der Waals surface area contributed by atoms with Crippen molar-refractivity contribution < 1.29 is 0 Å². The Bertz CT molecular complexity index is 3330. The third-order valence-electron chi connectivity index (χ3n) is 11.3. The Morgan fingerprint density at radius 2 is 0.621 bits per heavy atom. The van der Waals surface area contributed by atoms with Crippen molar-refractivity contribution in [2.75, 3.05) is 0 Å². The van der Waals surface area contributed by atoms with Gasteiger partial charge in [-0.3, -0.25) is 0 Å². The minimum atomic E-state index is 0.637. The van der Waals surface area contributed by atoms with Crippen molar-refractivity contribution in [2.45, 2.75) is 0 Å². The number of aromatic nitrogens is 3. The summed E-state index contributed by atoms with van der Waals surface area (Å²) in [4.78, 5) is 15.6. The van der Waals surface area contributed by atoms with Crippen LogP contribution in [0.25, 0.3) is 111 Å². The Morgan fingerprint density at radius 1 is 0.207 bits per heavy atom. The maximum Gasteiger partial charge on any atom is 0.164 e. The Hall–Kier alpha value is -7.75. The molecule has 0 aliphatic rings. The normalized spacial score (nSPS) is 11.4. The highest BCUT2D eigenvalue weighted by Gasteiger charge is 2.16. The molecular formula is C55H35N3. The molecule has 1 heterocycles. The zero-order chi connectivity index (χ0) is 38.4. The molecule has 0 bridgehead atoms. The number of fused-ring (bicyclic) bond motifs is 4. The summed E-state index contributed by atoms with van der Waals surface area (Å²) in [5.74, 6) is 1.92. The molecule has 11 aromatic rings. The van der Waals surface area contributed by atoms with Crippen LogP contribution in [0.15, 0.2) is 212 Å². The molecule has 3 heteroatoms. The second-order valence-electron chi connectivity index (χ2n) is 14.9. The molecule has 0 spiro atoms. The lowest BCUT2D eigenvalue weighted by Gasteiger charge is -2.12. The van der Waals surface area contributed by atoms with E-state index in [1.165, 1.54) is 49.5 Å². The first kappa shape index (κ1) is 33.6. The average Bonchev–Trinajstić information content (AvgIpc) is 3.30. The summed E-state index contributed by atoms with van der Waals surface area (Å²) >= 11 is 0. The standard InChI is InChI=1S/C55H35N3/c1-3-11-36(12-4-1)39-21-22-43-34-47(27-24-41(43)31-39)53-56-54(58-55(57-53)52-20-10-17-45-32-40(29-30-51(45)52)37-13-5-2-6-14-37)48-28-25-42-33-46(26-23-44(42)35-48)50-19-9-16-38-15-7-8-18-49(38)50/h1-35H. The Kier molecular flexibility index (Phi) is 8.15. The van der Waals surface area contributed by atoms with Crippen LogP contribution < -0.4 is 0 Å². The molecule has 0 atom stereocenters. The van der Waals surface area contributed by atoms with E-state index in [0.717, 1.165) is 43.6 Å². The van der Waals surface area contributed by atoms with Gasteiger partial charge in [-0.1, -0.05) is 182 Å². The second-order valence-corrected chi connectivity index (χ2v) is 14.9. The van der Waals surface area contributed by atoms with Gasteiger partial charge >= 0.3 is 0 Å². The van der Waals surface area contributed by atoms with Gasteiger partial charge in [0.05, 0.1) is 0 Å². The van der Waals surface area contributed by atoms with Crippen LogP contribution in [0.4, 0.5) is 0 Å². The molecule has 11 rings (SSSR count). The Labute approximate surface area is 336 Å². The lowest BCUT2D eigenvalue weighted by atomic mass is 9.95. The quantitative estimate of drug-likeness (QED) is 0.171. The van der Waals surface area contributed by atoms with Gasteiger partial charge in [-0.2, -0.15) is 0 Å². The highest BCUT2D eigenvalue weighted by molar-refractivity contribution is 6.00. The maximum absolute atomic E-state index is 5.22. The lowest BCUT2D eigenvalue weighted by Crippen LogP contribution is -2.00. The molecule has 0 radical (unpaired) electrons. The predicted molar refractivity (Wildman–Crippen MR) is 242 cm³/mol. The van der Waals surface area contributed by atoms with Crippen molar-refractivity contribution in [3.63, 3.8) is 0 Å². The average molecular weight is 738 g/mol. The monoisotopic (exact) mass is 737 g/mol. The Morgan fingerprint density at radius 3 is 1.26 bits per heavy atom. The van der Waals surface area contributed by atoms with E-state index in [1.54, 1.807) is 0 Å². The van der Waals surface area contributed by atoms with Crippen LogP contribution in [-0.2, 0) is 0 Å². The van der Waals surface area contributed by atoms with Gasteiger partial charge in [0, 0.05) is 16.7 Å². The van der Waals surface area contributed by atoms with Gasteiger partial charge in [0.25, 0.3) is 0 Å². The zero-order valence-electron chi connectivity index (χ0n) is 31.5. The molecule has 0 amide bonds. The fourth-order valence-electron chi connectivity index (χ4n) is 8.27. The predicted octanol–water partition coefficient (Wildman–Crippen LogP) is 14.5. The number of rotatable bonds is 6. The van der Waals surface area contributed by atoms with Gasteiger partial charge in [0.15, 0.2) is 17.5 Å². The summed E-state index contributed by atoms with van der Waals surface area (Å²) in [5.41, 5.74) is 10.0. The van der Waals surface area contributed by atoms with Crippen molar-refractivity contribution in [2.24, 2.45) is 0 Å². The van der Waals surface area contributed by atoms with Crippen LogP contribution in [0.5, 0.6) is 0 Å². The molecule has 58 heavy (non-hydrogen) atoms. The lowest BCUT2D eigenvalue weighted by molar-refractivity contribution is 1.08. The first-order valence-corrected chi connectivity index (χ1v) is 19.7. The van der Waals surface area contributed by atoms with E-state index in [0.29, 0.717) is 17.5 Å². The van der Waals surface area contributed by atoms with Gasteiger partial charge in [-0.05, 0) is 107 Å². The fraction of sp³-hybridized carbons (Fsp3) is 0. The fourth-order valence-corrected chi connectivity index (χ4v) is 8.27. The summed E-state index contributed by atoms with van der Waals surface area (Å²) in [5, 5.41) is 9.31. The maximum atomic E-state index is 5.22. The molecule has 10 aromatic carbocycles. The van der Waals surface area contributed by atoms with Crippen molar-refractivity contribution in [1.82, 2.24) is 15.0 Å². The smallest absolute Gasteiger partial charge is 0.164 e. The summed E-state index contributed by atoms with van der Waals surface area (Å²) in [6.07, 6.45) is 0. The first-order chi connectivity index (χ1) is 28.7. The number of benzene rings is 10. The minimum absolute atomic E-state index is 0.637. The van der Waals surface area contributed by atoms with Crippen LogP contribution in [0, 0.1) is 0 Å². The third-order valence-corrected chi connectivity index (χ3v) is 11.3. The SMILES string of the molecule is c1ccc(-c2ccc3cc(-c4nc(-c5ccc6cc(-c7cccc8ccccc78)ccc6c5)nc(-c5cccc6cc(-c7ccccc7)ccc56)n4)ccc3c2)cc1. The second kappa shape index (κ2) is 14.1. The molecule has 270 valence electrons. The molecule has 0 aliphatic carbocycles. The van der Waals surface area contributed by atoms with Crippen LogP contribution in [0.1, 0.15) is 0 Å². The van der Waals surface area contributed by atoms with E-state index < -0.39 is 0 Å². The van der Waals surface area contributed by atoms with Crippen molar-refractivity contribution >= 4 is 43.1 Å². The molecule has 1 aromatic heterocycles. The van der Waals surface area contributed by atoms with E-state index in [1.807, 2.05) is 0 Å². The molecule has 0 aliphatic heterocycles. The highest BCUT2D eigenvalue weighted by atomic mass is 15.0. The minimum Gasteiger partial charge on any atom is -0.208 e. The van der Waals surface area contributed by atoms with Gasteiger partial charge in [0.1, 0.15) is 0 Å². The van der Waals surface area contributed by atoms with Crippen molar-refractivity contribution in [3.8, 4) is 67.5 Å². The number of nitrogens with zero attached hydrogens (tertiary/aromatic N) is 3. The molecule has 0 saturated carbocycles. The molecule has 0 N–H and O–H groups in total. The van der Waals surface area contributed by atoms with Crippen LogP contribution >= 0.6 is 0 Å². The largest absolute Gasteiger partial charge is 0.208 e. The molecule has 0 saturated heterocycles. The zero-order valence-corrected chi connectivity index (χ0v) is 31.5. The van der Waals surface area contributed by atoms with E-state index in [-0.39, 0.29) is 0 Å². The number of hydrogen-bond acceptors (Lipinski definition) is 3. The van der Waals surface area contributed by atoms with Gasteiger partial charge in [0.2, 0.25) is 0 Å². The molecule has 0 fully saturated rings. The summed E-state index contributed by atoms with van der Waals surface area (Å²) < 4.78 is 0. The summed E-state index contributed by atoms with van der Waals surface area (Å²) in [7, 11) is 0. The third kappa shape index (κ3) is 6.16. The topological polar surface area (TPSA) is 38.7 Å². The van der Waals surface area contributed by atoms with Gasteiger partial charge < -0.3 is 0 Å². The molecule has 3 nitrogen and oxygen atoms in total. The summed E-state index contributed by atoms with van der Waals surface area (Å²) in [6.45, 7) is 0. The number of hydrogen-bond donors (Lipinski definition) is 0. The van der Waals surface area contributed by atoms with E-state index in [2.05, 4.69) is 212 Å². The van der Waals surface area contributed by atoms with Crippen LogP contribution in [0.2, 0.25) is 0 Å². The van der Waals surface area contributed by atoms with E-state index in [9.17, 15) is 0 Å². The van der Waals surface area contributed by atoms with Crippen LogP contribution in [-0.4, -0.2) is 15.0 Å². The molecular weight excluding hydrogens is 703 g/mol. The van der Waals surface area contributed by atoms with E-state index >= 15 is 0 Å². The Balaban J connectivity index is 1.04. The highest BCUT2D eigenvalue weighted by Crippen LogP contribution is 2.36.